The lowest BCUT2D eigenvalue weighted by Crippen LogP contribution is -2.40. The van der Waals surface area contributed by atoms with Crippen molar-refractivity contribution in [3.05, 3.63) is 41.0 Å². The molecule has 1 aromatic carbocycles. The average molecular weight is 533 g/mol. The predicted octanol–water partition coefficient (Wildman–Crippen LogP) is 4.14. The van der Waals surface area contributed by atoms with Crippen molar-refractivity contribution in [3.8, 4) is 0 Å². The third-order valence-corrected chi connectivity index (χ3v) is 7.60. The second kappa shape index (κ2) is 9.28. The van der Waals surface area contributed by atoms with Gasteiger partial charge in [-0.05, 0) is 72.7 Å². The number of aryl methyl sites for hydroxylation is 1. The molecule has 0 radical (unpaired) electrons. The van der Waals surface area contributed by atoms with Crippen molar-refractivity contribution in [2.24, 2.45) is 17.8 Å². The Morgan fingerprint density at radius 2 is 1.95 bits per heavy atom. The smallest absolute Gasteiger partial charge is 0.410 e. The largest absolute Gasteiger partial charge is 0.438 e. The Morgan fingerprint density at radius 3 is 2.58 bits per heavy atom. The first-order chi connectivity index (χ1) is 18.2. The number of nitrogens with zero attached hydrogens (tertiary/aromatic N) is 4. The molecular weight excluding hydrogens is 505 g/mol. The van der Waals surface area contributed by atoms with Gasteiger partial charge < -0.3 is 20.0 Å². The molecule has 1 aliphatic heterocycles. The van der Waals surface area contributed by atoms with Crippen LogP contribution in [0.1, 0.15) is 66.3 Å². The molecule has 202 valence electrons. The van der Waals surface area contributed by atoms with E-state index in [9.17, 15) is 22.8 Å². The van der Waals surface area contributed by atoms with E-state index in [2.05, 4.69) is 15.6 Å². The number of halogens is 3. The van der Waals surface area contributed by atoms with Gasteiger partial charge in [0.05, 0.1) is 6.54 Å². The summed E-state index contributed by atoms with van der Waals surface area (Å²) in [6.07, 6.45) is 0.326. The van der Waals surface area contributed by atoms with Gasteiger partial charge in [0.15, 0.2) is 11.3 Å². The first-order valence-electron chi connectivity index (χ1n) is 12.8. The van der Waals surface area contributed by atoms with Crippen LogP contribution in [0.2, 0.25) is 0 Å². The molecule has 1 saturated heterocycles. The Hall–Kier alpha value is -3.64. The standard InChI is InChI=1S/C25H27F3N6O4/c1-2-15-20(33-38-32-15)22(35)31-21(19(13-4-5-13)14-6-7-14)23-29-16-9-12(3-8-17(16)37-23)10-34-11-18(25(26,27)28)30-24(34)36/h3,8-9,13-14,18-19,21H,2,4-7,10-11H2,1H3,(H,30,36)(H,31,35)/t18-,21-/m0/s1. The summed E-state index contributed by atoms with van der Waals surface area (Å²) in [6, 6.07) is 1.97. The van der Waals surface area contributed by atoms with E-state index in [1.165, 1.54) is 0 Å². The molecule has 3 aromatic rings. The molecule has 2 saturated carbocycles. The van der Waals surface area contributed by atoms with Gasteiger partial charge in [0, 0.05) is 6.54 Å². The third-order valence-electron chi connectivity index (χ3n) is 7.60. The number of carbonyl (C=O) groups excluding carboxylic acids is 2. The Labute approximate surface area is 215 Å². The van der Waals surface area contributed by atoms with E-state index in [0.717, 1.165) is 30.6 Å². The molecule has 3 aliphatic rings. The van der Waals surface area contributed by atoms with Crippen LogP contribution in [0.4, 0.5) is 18.0 Å². The van der Waals surface area contributed by atoms with Crippen LogP contribution in [0.15, 0.2) is 27.2 Å². The molecule has 13 heteroatoms. The molecule has 2 N–H and O–H groups in total. The van der Waals surface area contributed by atoms with Crippen LogP contribution in [0.5, 0.6) is 0 Å². The fourth-order valence-corrected chi connectivity index (χ4v) is 5.39. The molecule has 0 bridgehead atoms. The van der Waals surface area contributed by atoms with Crippen LogP contribution >= 0.6 is 0 Å². The number of nitrogens with one attached hydrogen (secondary N) is 2. The van der Waals surface area contributed by atoms with Gasteiger partial charge in [0.25, 0.3) is 5.91 Å². The predicted molar refractivity (Wildman–Crippen MR) is 126 cm³/mol. The monoisotopic (exact) mass is 532 g/mol. The third kappa shape index (κ3) is 4.81. The maximum Gasteiger partial charge on any atom is 0.410 e. The highest BCUT2D eigenvalue weighted by atomic mass is 19.4. The van der Waals surface area contributed by atoms with Gasteiger partial charge in [0.2, 0.25) is 5.89 Å². The summed E-state index contributed by atoms with van der Waals surface area (Å²) < 4.78 is 50.0. The fourth-order valence-electron chi connectivity index (χ4n) is 5.39. The minimum absolute atomic E-state index is 0.00242. The summed E-state index contributed by atoms with van der Waals surface area (Å²) in [5.74, 6) is 1.08. The van der Waals surface area contributed by atoms with Crippen molar-refractivity contribution in [3.63, 3.8) is 0 Å². The van der Waals surface area contributed by atoms with E-state index in [4.69, 9.17) is 14.0 Å². The van der Waals surface area contributed by atoms with E-state index in [0.29, 0.717) is 46.5 Å². The lowest BCUT2D eigenvalue weighted by atomic mass is 9.89. The van der Waals surface area contributed by atoms with Gasteiger partial charge in [-0.25, -0.2) is 14.4 Å². The SMILES string of the molecule is CCc1nonc1C(=O)N[C@H](c1nc2cc(CN3C[C@@H](C(F)(F)F)NC3=O)ccc2o1)C(C1CC1)C1CC1. The first kappa shape index (κ1) is 24.7. The second-order valence-electron chi connectivity index (χ2n) is 10.4. The quantitative estimate of drug-likeness (QED) is 0.424. The highest BCUT2D eigenvalue weighted by Crippen LogP contribution is 2.54. The number of amides is 3. The molecule has 2 aliphatic carbocycles. The zero-order chi connectivity index (χ0) is 26.6. The molecule has 2 aromatic heterocycles. The van der Waals surface area contributed by atoms with Crippen LogP contribution in [0.3, 0.4) is 0 Å². The summed E-state index contributed by atoms with van der Waals surface area (Å²) in [5.41, 5.74) is 2.23. The molecular formula is C25H27F3N6O4. The normalized spacial score (nSPS) is 20.8. The molecule has 2 atom stereocenters. The summed E-state index contributed by atoms with van der Waals surface area (Å²) >= 11 is 0. The number of fused-ring (bicyclic) bond motifs is 1. The average Bonchev–Trinajstić information content (AvgIpc) is 3.76. The number of hydrogen-bond acceptors (Lipinski definition) is 7. The number of rotatable bonds is 9. The molecule has 0 unspecified atom stereocenters. The molecule has 6 rings (SSSR count). The van der Waals surface area contributed by atoms with Crippen molar-refractivity contribution >= 4 is 23.0 Å². The van der Waals surface area contributed by atoms with Crippen molar-refractivity contribution in [2.45, 2.75) is 63.8 Å². The van der Waals surface area contributed by atoms with E-state index in [1.807, 2.05) is 12.2 Å². The second-order valence-corrected chi connectivity index (χ2v) is 10.4. The van der Waals surface area contributed by atoms with Crippen LogP contribution in [0, 0.1) is 17.8 Å². The maximum absolute atomic E-state index is 13.2. The highest BCUT2D eigenvalue weighted by molar-refractivity contribution is 5.93. The lowest BCUT2D eigenvalue weighted by molar-refractivity contribution is -0.149. The fraction of sp³-hybridized carbons (Fsp3) is 0.560. The van der Waals surface area contributed by atoms with Gasteiger partial charge in [-0.2, -0.15) is 13.2 Å². The van der Waals surface area contributed by atoms with Crippen molar-refractivity contribution in [2.75, 3.05) is 6.54 Å². The Balaban J connectivity index is 1.26. The number of benzene rings is 1. The molecule has 10 nitrogen and oxygen atoms in total. The van der Waals surface area contributed by atoms with Crippen LogP contribution in [-0.4, -0.2) is 50.9 Å². The van der Waals surface area contributed by atoms with E-state index in [-0.39, 0.29) is 18.2 Å². The van der Waals surface area contributed by atoms with Gasteiger partial charge in [-0.1, -0.05) is 18.1 Å². The molecule has 0 spiro atoms. The molecule has 38 heavy (non-hydrogen) atoms. The number of urea groups is 1. The Kier molecular flexibility index (Phi) is 6.03. The van der Waals surface area contributed by atoms with Crippen LogP contribution in [-0.2, 0) is 13.0 Å². The zero-order valence-corrected chi connectivity index (χ0v) is 20.6. The number of oxazole rings is 1. The molecule has 3 fully saturated rings. The van der Waals surface area contributed by atoms with Crippen LogP contribution < -0.4 is 10.6 Å². The molecule has 3 heterocycles. The molecule has 3 amide bonds. The van der Waals surface area contributed by atoms with E-state index in [1.54, 1.807) is 18.2 Å². The summed E-state index contributed by atoms with van der Waals surface area (Å²) in [4.78, 5) is 31.1. The first-order valence-corrected chi connectivity index (χ1v) is 12.8. The minimum atomic E-state index is -4.51. The van der Waals surface area contributed by atoms with Gasteiger partial charge in [-0.15, -0.1) is 0 Å². The highest BCUT2D eigenvalue weighted by Gasteiger charge is 2.49. The van der Waals surface area contributed by atoms with Crippen molar-refractivity contribution in [1.29, 1.82) is 0 Å². The summed E-state index contributed by atoms with van der Waals surface area (Å²) in [7, 11) is 0. The lowest BCUT2D eigenvalue weighted by Gasteiger charge is -2.25. The number of carbonyl (C=O) groups is 2. The van der Waals surface area contributed by atoms with Gasteiger partial charge >= 0.3 is 12.2 Å². The Bertz CT molecular complexity index is 1350. The number of hydrogen-bond donors (Lipinski definition) is 2. The summed E-state index contributed by atoms with van der Waals surface area (Å²) in [6.45, 7) is 1.40. The van der Waals surface area contributed by atoms with Crippen molar-refractivity contribution < 1.29 is 31.8 Å². The van der Waals surface area contributed by atoms with E-state index < -0.39 is 36.7 Å². The zero-order valence-electron chi connectivity index (χ0n) is 20.6. The Morgan fingerprint density at radius 1 is 1.21 bits per heavy atom. The number of alkyl halides is 3. The van der Waals surface area contributed by atoms with Crippen molar-refractivity contribution in [1.82, 2.24) is 30.8 Å². The van der Waals surface area contributed by atoms with Gasteiger partial charge in [-0.3, -0.25) is 4.79 Å². The number of aromatic nitrogens is 3. The topological polar surface area (TPSA) is 126 Å². The maximum atomic E-state index is 13.2. The van der Waals surface area contributed by atoms with Gasteiger partial charge in [0.1, 0.15) is 23.3 Å². The summed E-state index contributed by atoms with van der Waals surface area (Å²) in [5, 5.41) is 12.7. The minimum Gasteiger partial charge on any atom is -0.438 e. The van der Waals surface area contributed by atoms with Crippen LogP contribution in [0.25, 0.3) is 11.1 Å². The van der Waals surface area contributed by atoms with E-state index >= 15 is 0 Å².